The van der Waals surface area contributed by atoms with Gasteiger partial charge in [-0.1, -0.05) is 25.1 Å². The number of fused-ring (bicyclic) bond motifs is 1. The molecule has 1 N–H and O–H groups in total. The number of aryl methyl sites for hydroxylation is 1. The van der Waals surface area contributed by atoms with E-state index in [4.69, 9.17) is 0 Å². The van der Waals surface area contributed by atoms with Gasteiger partial charge in [0, 0.05) is 23.8 Å². The number of benzene rings is 1. The molecule has 0 atom stereocenters. The van der Waals surface area contributed by atoms with Gasteiger partial charge in [0.05, 0.1) is 18.2 Å². The Hall–Kier alpha value is -1.77. The zero-order valence-corrected chi connectivity index (χ0v) is 12.0. The van der Waals surface area contributed by atoms with Crippen molar-refractivity contribution in [2.24, 2.45) is 5.92 Å². The van der Waals surface area contributed by atoms with Gasteiger partial charge < -0.3 is 9.88 Å². The van der Waals surface area contributed by atoms with Crippen molar-refractivity contribution in [3.05, 3.63) is 36.3 Å². The molecule has 0 radical (unpaired) electrons. The minimum Gasteiger partial charge on any atom is -0.384 e. The fraction of sp³-hybridized carbons (Fsp3) is 0.471. The summed E-state index contributed by atoms with van der Waals surface area (Å²) in [5.74, 6) is 0.859. The fourth-order valence-electron chi connectivity index (χ4n) is 3.61. The maximum atomic E-state index is 4.41. The van der Waals surface area contributed by atoms with Gasteiger partial charge in [-0.25, -0.2) is 4.98 Å². The first-order valence-electron chi connectivity index (χ1n) is 7.71. The average molecular weight is 267 g/mol. The molecule has 3 nitrogen and oxygen atoms in total. The van der Waals surface area contributed by atoms with Crippen LogP contribution in [0.5, 0.6) is 0 Å². The first kappa shape index (κ1) is 12.0. The molecule has 1 saturated carbocycles. The van der Waals surface area contributed by atoms with Gasteiger partial charge in [0.25, 0.3) is 0 Å². The molecule has 1 fully saturated rings. The Balaban J connectivity index is 1.77. The Morgan fingerprint density at radius 2 is 2.20 bits per heavy atom. The molecule has 0 unspecified atom stereocenters. The molecule has 2 aromatic rings. The smallest absolute Gasteiger partial charge is 0.0953 e. The van der Waals surface area contributed by atoms with E-state index in [-0.39, 0.29) is 0 Å². The summed E-state index contributed by atoms with van der Waals surface area (Å²) in [5.41, 5.74) is 5.36. The largest absolute Gasteiger partial charge is 0.384 e. The van der Waals surface area contributed by atoms with Crippen LogP contribution in [0.1, 0.15) is 37.8 Å². The Kier molecular flexibility index (Phi) is 2.79. The maximum absolute atomic E-state index is 4.41. The summed E-state index contributed by atoms with van der Waals surface area (Å²) in [6.45, 7) is 3.41. The van der Waals surface area contributed by atoms with Crippen molar-refractivity contribution < 1.29 is 0 Å². The van der Waals surface area contributed by atoms with Gasteiger partial charge in [-0.3, -0.25) is 0 Å². The number of imidazole rings is 1. The van der Waals surface area contributed by atoms with Crippen molar-refractivity contribution in [1.29, 1.82) is 0 Å². The molecular weight excluding hydrogens is 246 g/mol. The van der Waals surface area contributed by atoms with E-state index in [1.54, 1.807) is 0 Å². The first-order valence-corrected chi connectivity index (χ1v) is 7.71. The highest BCUT2D eigenvalue weighted by atomic mass is 15.1. The van der Waals surface area contributed by atoms with Crippen LogP contribution in [0, 0.1) is 5.92 Å². The van der Waals surface area contributed by atoms with Gasteiger partial charge in [0.2, 0.25) is 0 Å². The molecule has 1 aromatic carbocycles. The lowest BCUT2D eigenvalue weighted by atomic mass is 9.81. The lowest BCUT2D eigenvalue weighted by Gasteiger charge is -2.35. The molecular formula is C17H21N3. The Morgan fingerprint density at radius 3 is 3.05 bits per heavy atom. The fourth-order valence-corrected chi connectivity index (χ4v) is 3.61. The van der Waals surface area contributed by atoms with Crippen LogP contribution in [0.2, 0.25) is 0 Å². The van der Waals surface area contributed by atoms with Crippen molar-refractivity contribution in [1.82, 2.24) is 9.55 Å². The molecule has 104 valence electrons. The molecule has 20 heavy (non-hydrogen) atoms. The minimum absolute atomic E-state index is 0.641. The number of rotatable bonds is 2. The van der Waals surface area contributed by atoms with Crippen LogP contribution in [0.15, 0.2) is 30.7 Å². The Labute approximate surface area is 120 Å². The summed E-state index contributed by atoms with van der Waals surface area (Å²) in [4.78, 5) is 4.41. The topological polar surface area (TPSA) is 29.9 Å². The lowest BCUT2D eigenvalue weighted by Crippen LogP contribution is -2.24. The quantitative estimate of drug-likeness (QED) is 0.895. The number of nitrogens with zero attached hydrogens (tertiary/aromatic N) is 2. The molecule has 2 aliphatic rings. The molecule has 2 heterocycles. The predicted molar refractivity (Wildman–Crippen MR) is 81.9 cm³/mol. The molecule has 0 spiro atoms. The Morgan fingerprint density at radius 1 is 1.30 bits per heavy atom. The van der Waals surface area contributed by atoms with E-state index < -0.39 is 0 Å². The van der Waals surface area contributed by atoms with Crippen molar-refractivity contribution in [2.45, 2.75) is 38.6 Å². The SMILES string of the molecule is CC1CC(n2cncc2-c2cccc3c2NCCC3)C1. The standard InChI is InChI=1S/C17H21N3/c1-12-8-14(9-12)20-11-18-10-16(20)15-6-2-4-13-5-3-7-19-17(13)15/h2,4,6,10-12,14,19H,3,5,7-9H2,1H3. The number of aromatic nitrogens is 2. The maximum Gasteiger partial charge on any atom is 0.0953 e. The van der Waals surface area contributed by atoms with Crippen molar-refractivity contribution in [3.63, 3.8) is 0 Å². The molecule has 0 bridgehead atoms. The van der Waals surface area contributed by atoms with Gasteiger partial charge in [-0.2, -0.15) is 0 Å². The van der Waals surface area contributed by atoms with Crippen LogP contribution >= 0.6 is 0 Å². The van der Waals surface area contributed by atoms with Crippen molar-refractivity contribution >= 4 is 5.69 Å². The highest BCUT2D eigenvalue weighted by Gasteiger charge is 2.29. The molecule has 1 aliphatic carbocycles. The van der Waals surface area contributed by atoms with Crippen LogP contribution in [-0.4, -0.2) is 16.1 Å². The highest BCUT2D eigenvalue weighted by Crippen LogP contribution is 2.41. The molecule has 1 aliphatic heterocycles. The summed E-state index contributed by atoms with van der Waals surface area (Å²) in [6, 6.07) is 7.30. The number of para-hydroxylation sites is 1. The third-order valence-corrected chi connectivity index (χ3v) is 4.76. The number of anilines is 1. The van der Waals surface area contributed by atoms with E-state index in [9.17, 15) is 0 Å². The first-order chi connectivity index (χ1) is 9.83. The molecule has 4 rings (SSSR count). The summed E-state index contributed by atoms with van der Waals surface area (Å²) in [5, 5.41) is 3.59. The normalized spacial score (nSPS) is 24.6. The third-order valence-electron chi connectivity index (χ3n) is 4.76. The van der Waals surface area contributed by atoms with E-state index in [0.29, 0.717) is 6.04 Å². The average Bonchev–Trinajstić information content (AvgIpc) is 2.92. The zero-order valence-electron chi connectivity index (χ0n) is 12.0. The van der Waals surface area contributed by atoms with E-state index in [1.165, 1.54) is 48.2 Å². The van der Waals surface area contributed by atoms with Crippen LogP contribution in [0.4, 0.5) is 5.69 Å². The van der Waals surface area contributed by atoms with E-state index in [0.717, 1.165) is 12.5 Å². The summed E-state index contributed by atoms with van der Waals surface area (Å²) >= 11 is 0. The van der Waals surface area contributed by atoms with Gasteiger partial charge in [-0.05, 0) is 37.2 Å². The van der Waals surface area contributed by atoms with Crippen LogP contribution < -0.4 is 5.32 Å². The van der Waals surface area contributed by atoms with E-state index in [1.807, 2.05) is 12.5 Å². The van der Waals surface area contributed by atoms with E-state index >= 15 is 0 Å². The summed E-state index contributed by atoms with van der Waals surface area (Å²) in [6.07, 6.45) is 9.02. The van der Waals surface area contributed by atoms with Gasteiger partial charge >= 0.3 is 0 Å². The predicted octanol–water partition coefficient (Wildman–Crippen LogP) is 3.88. The minimum atomic E-state index is 0.641. The zero-order chi connectivity index (χ0) is 13.5. The van der Waals surface area contributed by atoms with Crippen molar-refractivity contribution in [2.75, 3.05) is 11.9 Å². The number of nitrogens with one attached hydrogen (secondary N) is 1. The summed E-state index contributed by atoms with van der Waals surface area (Å²) < 4.78 is 2.38. The van der Waals surface area contributed by atoms with Crippen LogP contribution in [0.3, 0.4) is 0 Å². The van der Waals surface area contributed by atoms with Crippen LogP contribution in [-0.2, 0) is 6.42 Å². The van der Waals surface area contributed by atoms with Crippen LogP contribution in [0.25, 0.3) is 11.3 Å². The second kappa shape index (κ2) is 4.65. The summed E-state index contributed by atoms with van der Waals surface area (Å²) in [7, 11) is 0. The lowest BCUT2D eigenvalue weighted by molar-refractivity contribution is 0.217. The molecule has 0 amide bonds. The molecule has 3 heteroatoms. The van der Waals surface area contributed by atoms with Crippen molar-refractivity contribution in [3.8, 4) is 11.3 Å². The number of hydrogen-bond acceptors (Lipinski definition) is 2. The highest BCUT2D eigenvalue weighted by molar-refractivity contribution is 5.79. The monoisotopic (exact) mass is 267 g/mol. The molecule has 0 saturated heterocycles. The second-order valence-electron chi connectivity index (χ2n) is 6.29. The second-order valence-corrected chi connectivity index (χ2v) is 6.29. The molecule has 1 aromatic heterocycles. The Bertz CT molecular complexity index is 623. The number of hydrogen-bond donors (Lipinski definition) is 1. The van der Waals surface area contributed by atoms with Gasteiger partial charge in [-0.15, -0.1) is 0 Å². The van der Waals surface area contributed by atoms with Gasteiger partial charge in [0.1, 0.15) is 0 Å². The van der Waals surface area contributed by atoms with Gasteiger partial charge in [0.15, 0.2) is 0 Å². The van der Waals surface area contributed by atoms with E-state index in [2.05, 4.69) is 40.0 Å². The third kappa shape index (κ3) is 1.84.